The molecule has 1 fully saturated rings. The molecule has 1 saturated heterocycles. The maximum absolute atomic E-state index is 12.3. The number of aryl methyl sites for hydroxylation is 1. The smallest absolute Gasteiger partial charge is 0.254 e. The molecule has 1 N–H and O–H groups in total. The van der Waals surface area contributed by atoms with Gasteiger partial charge in [-0.15, -0.1) is 0 Å². The molecule has 2 heterocycles. The second-order valence-electron chi connectivity index (χ2n) is 6.32. The van der Waals surface area contributed by atoms with Gasteiger partial charge in [0.25, 0.3) is 5.91 Å². The molecule has 1 amide bonds. The number of aromatic nitrogens is 2. The van der Waals surface area contributed by atoms with Gasteiger partial charge in [-0.05, 0) is 46.1 Å². The summed E-state index contributed by atoms with van der Waals surface area (Å²) >= 11 is 0. The zero-order valence-electron chi connectivity index (χ0n) is 13.7. The summed E-state index contributed by atoms with van der Waals surface area (Å²) in [7, 11) is 0. The lowest BCUT2D eigenvalue weighted by Crippen LogP contribution is -2.33. The van der Waals surface area contributed by atoms with Crippen molar-refractivity contribution in [2.75, 3.05) is 19.6 Å². The van der Waals surface area contributed by atoms with Crippen LogP contribution in [0.4, 0.5) is 0 Å². The second kappa shape index (κ2) is 7.07. The third-order valence-corrected chi connectivity index (χ3v) is 4.38. The number of nitrogens with zero attached hydrogens (tertiary/aromatic N) is 3. The van der Waals surface area contributed by atoms with Crippen LogP contribution in [0.2, 0.25) is 0 Å². The molecule has 0 spiro atoms. The van der Waals surface area contributed by atoms with Crippen molar-refractivity contribution in [3.63, 3.8) is 0 Å². The van der Waals surface area contributed by atoms with Crippen molar-refractivity contribution in [2.24, 2.45) is 5.92 Å². The minimum absolute atomic E-state index is 0.0119. The van der Waals surface area contributed by atoms with E-state index < -0.39 is 0 Å². The standard InChI is InChI=1S/C16H28N4O/c1-5-7-20-13(4)15(10-18-20)16(21)17-9-14-6-8-19(11-14)12(2)3/h10,12,14H,5-9,11H2,1-4H3,(H,17,21). The highest BCUT2D eigenvalue weighted by Gasteiger charge is 2.24. The summed E-state index contributed by atoms with van der Waals surface area (Å²) in [5.41, 5.74) is 1.67. The predicted octanol–water partition coefficient (Wildman–Crippen LogP) is 2.06. The van der Waals surface area contributed by atoms with Gasteiger partial charge < -0.3 is 10.2 Å². The lowest BCUT2D eigenvalue weighted by atomic mass is 10.1. The van der Waals surface area contributed by atoms with Gasteiger partial charge in [-0.3, -0.25) is 9.48 Å². The zero-order chi connectivity index (χ0) is 15.4. The van der Waals surface area contributed by atoms with E-state index in [-0.39, 0.29) is 5.91 Å². The Balaban J connectivity index is 1.85. The van der Waals surface area contributed by atoms with Crippen molar-refractivity contribution < 1.29 is 4.79 Å². The molecule has 1 aliphatic rings. The number of nitrogens with one attached hydrogen (secondary N) is 1. The molecule has 0 radical (unpaired) electrons. The van der Waals surface area contributed by atoms with Crippen molar-refractivity contribution in [1.82, 2.24) is 20.0 Å². The molecule has 0 aliphatic carbocycles. The number of amides is 1. The van der Waals surface area contributed by atoms with Gasteiger partial charge in [0.05, 0.1) is 11.8 Å². The topological polar surface area (TPSA) is 50.2 Å². The Hall–Kier alpha value is -1.36. The van der Waals surface area contributed by atoms with Crippen LogP contribution in [0, 0.1) is 12.8 Å². The highest BCUT2D eigenvalue weighted by molar-refractivity contribution is 5.95. The lowest BCUT2D eigenvalue weighted by Gasteiger charge is -2.20. The van der Waals surface area contributed by atoms with Gasteiger partial charge in [0.15, 0.2) is 0 Å². The highest BCUT2D eigenvalue weighted by atomic mass is 16.1. The first kappa shape index (κ1) is 16.0. The van der Waals surface area contributed by atoms with Crippen LogP contribution in [0.1, 0.15) is 49.7 Å². The quantitative estimate of drug-likeness (QED) is 0.873. The van der Waals surface area contributed by atoms with Crippen LogP contribution in [0.5, 0.6) is 0 Å². The number of hydrogen-bond acceptors (Lipinski definition) is 3. The Morgan fingerprint density at radius 1 is 1.52 bits per heavy atom. The van der Waals surface area contributed by atoms with Gasteiger partial charge in [0.1, 0.15) is 0 Å². The fraction of sp³-hybridized carbons (Fsp3) is 0.750. The lowest BCUT2D eigenvalue weighted by molar-refractivity contribution is 0.0946. The van der Waals surface area contributed by atoms with E-state index in [1.165, 1.54) is 6.42 Å². The van der Waals surface area contributed by atoms with Crippen LogP contribution >= 0.6 is 0 Å². The van der Waals surface area contributed by atoms with Crippen LogP contribution < -0.4 is 5.32 Å². The minimum Gasteiger partial charge on any atom is -0.352 e. The van der Waals surface area contributed by atoms with Gasteiger partial charge in [-0.25, -0.2) is 0 Å². The minimum atomic E-state index is 0.0119. The van der Waals surface area contributed by atoms with Crippen LogP contribution in [0.25, 0.3) is 0 Å². The molecule has 0 aromatic carbocycles. The maximum atomic E-state index is 12.3. The zero-order valence-corrected chi connectivity index (χ0v) is 13.7. The molecule has 5 nitrogen and oxygen atoms in total. The SMILES string of the molecule is CCCn1ncc(C(=O)NCC2CCN(C(C)C)C2)c1C. The third kappa shape index (κ3) is 3.84. The molecular formula is C16H28N4O. The number of carbonyl (C=O) groups is 1. The molecule has 1 aromatic rings. The number of likely N-dealkylation sites (tertiary alicyclic amines) is 1. The van der Waals surface area contributed by atoms with Crippen molar-refractivity contribution >= 4 is 5.91 Å². The average Bonchev–Trinajstić information content (AvgIpc) is 3.05. The molecule has 1 unspecified atom stereocenters. The van der Waals surface area contributed by atoms with Gasteiger partial charge in [-0.1, -0.05) is 6.92 Å². The molecule has 1 atom stereocenters. The number of hydrogen-bond donors (Lipinski definition) is 1. The molecule has 1 aliphatic heterocycles. The largest absolute Gasteiger partial charge is 0.352 e. The Morgan fingerprint density at radius 3 is 2.90 bits per heavy atom. The van der Waals surface area contributed by atoms with Crippen LogP contribution in [-0.2, 0) is 6.54 Å². The maximum Gasteiger partial charge on any atom is 0.254 e. The van der Waals surface area contributed by atoms with E-state index >= 15 is 0 Å². The van der Waals surface area contributed by atoms with Gasteiger partial charge >= 0.3 is 0 Å². The van der Waals surface area contributed by atoms with Crippen LogP contribution in [0.15, 0.2) is 6.20 Å². The number of carbonyl (C=O) groups excluding carboxylic acids is 1. The normalized spacial score (nSPS) is 19.4. The Kier molecular flexibility index (Phi) is 5.39. The fourth-order valence-corrected chi connectivity index (χ4v) is 2.94. The predicted molar refractivity (Wildman–Crippen MR) is 84.4 cm³/mol. The summed E-state index contributed by atoms with van der Waals surface area (Å²) in [6.07, 6.45) is 3.89. The van der Waals surface area contributed by atoms with E-state index in [0.717, 1.165) is 38.3 Å². The summed E-state index contributed by atoms with van der Waals surface area (Å²) < 4.78 is 1.91. The van der Waals surface area contributed by atoms with Gasteiger partial charge in [0, 0.05) is 31.4 Å². The van der Waals surface area contributed by atoms with Gasteiger partial charge in [-0.2, -0.15) is 5.10 Å². The van der Waals surface area contributed by atoms with Crippen molar-refractivity contribution in [2.45, 2.75) is 53.1 Å². The van der Waals surface area contributed by atoms with Crippen molar-refractivity contribution in [3.8, 4) is 0 Å². The molecule has 0 saturated carbocycles. The molecule has 1 aromatic heterocycles. The van der Waals surface area contributed by atoms with E-state index in [4.69, 9.17) is 0 Å². The van der Waals surface area contributed by atoms with E-state index in [1.807, 2.05) is 11.6 Å². The molecular weight excluding hydrogens is 264 g/mol. The average molecular weight is 292 g/mol. The fourth-order valence-electron chi connectivity index (χ4n) is 2.94. The summed E-state index contributed by atoms with van der Waals surface area (Å²) in [4.78, 5) is 14.8. The molecule has 118 valence electrons. The van der Waals surface area contributed by atoms with Crippen molar-refractivity contribution in [3.05, 3.63) is 17.5 Å². The monoisotopic (exact) mass is 292 g/mol. The Morgan fingerprint density at radius 2 is 2.29 bits per heavy atom. The van der Waals surface area contributed by atoms with E-state index in [9.17, 15) is 4.79 Å². The van der Waals surface area contributed by atoms with Crippen LogP contribution in [-0.4, -0.2) is 46.3 Å². The summed E-state index contributed by atoms with van der Waals surface area (Å²) in [6, 6.07) is 0.597. The summed E-state index contributed by atoms with van der Waals surface area (Å²) in [5, 5.41) is 7.37. The second-order valence-corrected chi connectivity index (χ2v) is 6.32. The van der Waals surface area contributed by atoms with Crippen molar-refractivity contribution in [1.29, 1.82) is 0 Å². The Labute approximate surface area is 127 Å². The first-order chi connectivity index (χ1) is 10.0. The van der Waals surface area contributed by atoms with E-state index in [0.29, 0.717) is 17.5 Å². The van der Waals surface area contributed by atoms with E-state index in [2.05, 4.69) is 36.1 Å². The molecule has 0 bridgehead atoms. The molecule has 5 heteroatoms. The van der Waals surface area contributed by atoms with Crippen LogP contribution in [0.3, 0.4) is 0 Å². The summed E-state index contributed by atoms with van der Waals surface area (Å²) in [5.74, 6) is 0.584. The first-order valence-corrected chi connectivity index (χ1v) is 8.07. The third-order valence-electron chi connectivity index (χ3n) is 4.38. The highest BCUT2D eigenvalue weighted by Crippen LogP contribution is 2.18. The number of rotatable bonds is 6. The van der Waals surface area contributed by atoms with E-state index in [1.54, 1.807) is 6.20 Å². The summed E-state index contributed by atoms with van der Waals surface area (Å²) in [6.45, 7) is 12.4. The Bertz CT molecular complexity index is 481. The first-order valence-electron chi connectivity index (χ1n) is 8.07. The van der Waals surface area contributed by atoms with Gasteiger partial charge in [0.2, 0.25) is 0 Å². The molecule has 2 rings (SSSR count). The molecule has 21 heavy (non-hydrogen) atoms.